The van der Waals surface area contributed by atoms with Crippen LogP contribution in [0.4, 0.5) is 5.69 Å². The van der Waals surface area contributed by atoms with Crippen molar-refractivity contribution in [3.63, 3.8) is 0 Å². The number of nitrogens with zero attached hydrogens (tertiary/aromatic N) is 4. The first-order valence-corrected chi connectivity index (χ1v) is 9.59. The summed E-state index contributed by atoms with van der Waals surface area (Å²) in [6.45, 7) is -0.344. The van der Waals surface area contributed by atoms with Gasteiger partial charge in [-0.2, -0.15) is 4.98 Å². The molecule has 3 N–H and O–H groups in total. The first kappa shape index (κ1) is 18.8. The summed E-state index contributed by atoms with van der Waals surface area (Å²) in [7, 11) is 3.88. The number of anilines is 1. The molecular formula is C20H21N5O5. The summed E-state index contributed by atoms with van der Waals surface area (Å²) in [6, 6.07) is 7.68. The Morgan fingerprint density at radius 3 is 2.77 bits per heavy atom. The molecule has 30 heavy (non-hydrogen) atoms. The average molecular weight is 411 g/mol. The van der Waals surface area contributed by atoms with E-state index in [1.165, 1.54) is 4.57 Å². The van der Waals surface area contributed by atoms with E-state index in [4.69, 9.17) is 4.74 Å². The van der Waals surface area contributed by atoms with E-state index in [0.29, 0.717) is 10.9 Å². The van der Waals surface area contributed by atoms with Crippen LogP contribution in [0.3, 0.4) is 0 Å². The van der Waals surface area contributed by atoms with Crippen LogP contribution in [0, 0.1) is 0 Å². The number of fused-ring (bicyclic) bond motifs is 5. The second-order valence-electron chi connectivity index (χ2n) is 7.74. The molecule has 1 aliphatic rings. The number of hydrogen-bond acceptors (Lipinski definition) is 7. The SMILES string of the molecule is CN(C)c1ccc2c(c1)cc1c3cn([C@H]4C[C@H](O)[C@@H](CO)O4)c(=O)nc3[nH]c(=O)n21. The van der Waals surface area contributed by atoms with Gasteiger partial charge in [0.05, 0.1) is 29.1 Å². The highest BCUT2D eigenvalue weighted by atomic mass is 16.5. The van der Waals surface area contributed by atoms with E-state index in [9.17, 15) is 19.8 Å². The third-order valence-corrected chi connectivity index (χ3v) is 5.65. The summed E-state index contributed by atoms with van der Waals surface area (Å²) < 4.78 is 8.46. The molecule has 0 radical (unpaired) electrons. The summed E-state index contributed by atoms with van der Waals surface area (Å²) in [5, 5.41) is 20.8. The second kappa shape index (κ2) is 6.66. The molecule has 0 unspecified atom stereocenters. The Hall–Kier alpha value is -3.21. The molecule has 5 rings (SSSR count). The second-order valence-corrected chi connectivity index (χ2v) is 7.74. The zero-order valence-electron chi connectivity index (χ0n) is 16.4. The Balaban J connectivity index is 1.76. The highest BCUT2D eigenvalue weighted by Gasteiger charge is 2.35. The predicted octanol–water partition coefficient (Wildman–Crippen LogP) is 0.197. The highest BCUT2D eigenvalue weighted by Crippen LogP contribution is 2.30. The molecule has 3 atom stereocenters. The van der Waals surface area contributed by atoms with Gasteiger partial charge in [-0.05, 0) is 24.3 Å². The molecule has 10 heteroatoms. The fourth-order valence-electron chi connectivity index (χ4n) is 4.06. The van der Waals surface area contributed by atoms with Gasteiger partial charge in [-0.15, -0.1) is 0 Å². The zero-order valence-corrected chi connectivity index (χ0v) is 16.4. The Morgan fingerprint density at radius 1 is 1.27 bits per heavy atom. The predicted molar refractivity (Wildman–Crippen MR) is 111 cm³/mol. The highest BCUT2D eigenvalue weighted by molar-refractivity contribution is 5.99. The van der Waals surface area contributed by atoms with Gasteiger partial charge in [0.1, 0.15) is 12.3 Å². The molecule has 1 aromatic carbocycles. The summed E-state index contributed by atoms with van der Waals surface area (Å²) in [5.41, 5.74) is 1.54. The Labute approximate surface area is 169 Å². The van der Waals surface area contributed by atoms with Crippen molar-refractivity contribution in [1.29, 1.82) is 0 Å². The fraction of sp³-hybridized carbons (Fsp3) is 0.350. The lowest BCUT2D eigenvalue weighted by molar-refractivity contribution is -0.0457. The normalized spacial score (nSPS) is 21.8. The average Bonchev–Trinajstić information content (AvgIpc) is 3.27. The van der Waals surface area contributed by atoms with Gasteiger partial charge in [-0.1, -0.05) is 0 Å². The van der Waals surface area contributed by atoms with Crippen molar-refractivity contribution < 1.29 is 14.9 Å². The first-order valence-electron chi connectivity index (χ1n) is 9.59. The summed E-state index contributed by atoms with van der Waals surface area (Å²) in [4.78, 5) is 34.0. The number of rotatable bonds is 3. The molecule has 0 bridgehead atoms. The number of aliphatic hydroxyl groups is 2. The Kier molecular flexibility index (Phi) is 4.17. The number of aromatic nitrogens is 4. The van der Waals surface area contributed by atoms with Gasteiger partial charge in [0, 0.05) is 37.8 Å². The van der Waals surface area contributed by atoms with Crippen LogP contribution in [0.15, 0.2) is 40.1 Å². The lowest BCUT2D eigenvalue weighted by Crippen LogP contribution is -2.29. The number of H-pyrrole nitrogens is 1. The number of ether oxygens (including phenoxy) is 1. The zero-order chi connectivity index (χ0) is 21.2. The van der Waals surface area contributed by atoms with E-state index < -0.39 is 24.1 Å². The van der Waals surface area contributed by atoms with E-state index in [2.05, 4.69) is 9.97 Å². The topological polar surface area (TPSA) is 125 Å². The van der Waals surface area contributed by atoms with Crippen molar-refractivity contribution in [2.75, 3.05) is 25.6 Å². The van der Waals surface area contributed by atoms with Gasteiger partial charge in [0.25, 0.3) is 0 Å². The molecule has 3 aromatic heterocycles. The van der Waals surface area contributed by atoms with Crippen molar-refractivity contribution in [2.45, 2.75) is 24.9 Å². The third kappa shape index (κ3) is 2.72. The van der Waals surface area contributed by atoms with Crippen molar-refractivity contribution in [1.82, 2.24) is 18.9 Å². The van der Waals surface area contributed by atoms with Crippen LogP contribution in [0.5, 0.6) is 0 Å². The van der Waals surface area contributed by atoms with Crippen LogP contribution in [-0.2, 0) is 4.74 Å². The molecule has 0 saturated carbocycles. The van der Waals surface area contributed by atoms with E-state index in [1.807, 2.05) is 43.3 Å². The van der Waals surface area contributed by atoms with Crippen molar-refractivity contribution in [2.24, 2.45) is 0 Å². The number of aliphatic hydroxyl groups excluding tert-OH is 2. The van der Waals surface area contributed by atoms with Crippen LogP contribution in [0.25, 0.3) is 27.5 Å². The van der Waals surface area contributed by atoms with Crippen molar-refractivity contribution in [3.05, 3.63) is 51.4 Å². The molecule has 1 aliphatic heterocycles. The molecule has 4 heterocycles. The molecule has 1 saturated heterocycles. The number of benzene rings is 1. The molecule has 0 spiro atoms. The largest absolute Gasteiger partial charge is 0.394 e. The third-order valence-electron chi connectivity index (χ3n) is 5.65. The molecule has 0 aliphatic carbocycles. The molecule has 10 nitrogen and oxygen atoms in total. The minimum absolute atomic E-state index is 0.160. The molecule has 4 aromatic rings. The Bertz CT molecular complexity index is 1400. The van der Waals surface area contributed by atoms with Crippen LogP contribution < -0.4 is 16.3 Å². The monoisotopic (exact) mass is 411 g/mol. The van der Waals surface area contributed by atoms with Gasteiger partial charge in [-0.25, -0.2) is 9.59 Å². The quantitative estimate of drug-likeness (QED) is 0.440. The van der Waals surface area contributed by atoms with Gasteiger partial charge in [0.2, 0.25) is 0 Å². The van der Waals surface area contributed by atoms with Crippen LogP contribution in [0.2, 0.25) is 0 Å². The van der Waals surface area contributed by atoms with E-state index in [-0.39, 0.29) is 24.4 Å². The molecular weight excluding hydrogens is 390 g/mol. The lowest BCUT2D eigenvalue weighted by atomic mass is 10.2. The van der Waals surface area contributed by atoms with Crippen LogP contribution in [-0.4, -0.2) is 62.1 Å². The maximum absolute atomic E-state index is 12.7. The maximum Gasteiger partial charge on any atom is 0.351 e. The molecule has 0 amide bonds. The van der Waals surface area contributed by atoms with E-state index in [0.717, 1.165) is 16.6 Å². The van der Waals surface area contributed by atoms with Crippen molar-refractivity contribution in [3.8, 4) is 0 Å². The smallest absolute Gasteiger partial charge is 0.351 e. The standard InChI is InChI=1S/C20H21N5O5/c1-23(2)11-3-4-13-10(5-11)6-14-12-8-24(17-7-15(27)16(9-26)30-17)19(28)21-18(12)22-20(29)25(13)14/h3-6,8,15-17,26-27H,7,9H2,1-2H3,(H,21,22,28,29)/t15-,16+,17+/m0/s1. The fourth-order valence-corrected chi connectivity index (χ4v) is 4.06. The minimum Gasteiger partial charge on any atom is -0.394 e. The molecule has 1 fully saturated rings. The first-order chi connectivity index (χ1) is 14.4. The summed E-state index contributed by atoms with van der Waals surface area (Å²) >= 11 is 0. The van der Waals surface area contributed by atoms with Gasteiger partial charge < -0.3 is 19.8 Å². The van der Waals surface area contributed by atoms with Crippen LogP contribution in [0.1, 0.15) is 12.6 Å². The summed E-state index contributed by atoms with van der Waals surface area (Å²) in [5.74, 6) is 0. The number of aromatic amines is 1. The lowest BCUT2D eigenvalue weighted by Gasteiger charge is -2.15. The van der Waals surface area contributed by atoms with Gasteiger partial charge >= 0.3 is 11.4 Å². The summed E-state index contributed by atoms with van der Waals surface area (Å²) in [6.07, 6.45) is -0.642. The van der Waals surface area contributed by atoms with Crippen molar-refractivity contribution >= 4 is 33.1 Å². The van der Waals surface area contributed by atoms with E-state index in [1.54, 1.807) is 10.6 Å². The Morgan fingerprint density at radius 2 is 2.07 bits per heavy atom. The number of hydrogen-bond donors (Lipinski definition) is 3. The maximum atomic E-state index is 12.7. The van der Waals surface area contributed by atoms with Gasteiger partial charge in [-0.3, -0.25) is 14.0 Å². The minimum atomic E-state index is -0.876. The molecule has 156 valence electrons. The van der Waals surface area contributed by atoms with Gasteiger partial charge in [0.15, 0.2) is 5.65 Å². The van der Waals surface area contributed by atoms with Crippen LogP contribution >= 0.6 is 0 Å². The van der Waals surface area contributed by atoms with E-state index >= 15 is 0 Å². The number of nitrogens with one attached hydrogen (secondary N) is 1.